The first-order valence-electron chi connectivity index (χ1n) is 7.54. The molecule has 1 atom stereocenters. The van der Waals surface area contributed by atoms with Gasteiger partial charge in [0.15, 0.2) is 0 Å². The molecule has 0 radical (unpaired) electrons. The van der Waals surface area contributed by atoms with Gasteiger partial charge in [-0.05, 0) is 17.7 Å². The maximum atomic E-state index is 13.9. The van der Waals surface area contributed by atoms with Gasteiger partial charge in [-0.2, -0.15) is 0 Å². The zero-order chi connectivity index (χ0) is 16.2. The predicted octanol–water partition coefficient (Wildman–Crippen LogP) is 3.56. The lowest BCUT2D eigenvalue weighted by molar-refractivity contribution is -0.0209. The summed E-state index contributed by atoms with van der Waals surface area (Å²) in [6.45, 7) is 1.31. The first-order chi connectivity index (χ1) is 11.1. The highest BCUT2D eigenvalue weighted by Crippen LogP contribution is 2.22. The van der Waals surface area contributed by atoms with E-state index in [0.717, 1.165) is 12.0 Å². The van der Waals surface area contributed by atoms with Crippen LogP contribution in [0.2, 0.25) is 5.02 Å². The van der Waals surface area contributed by atoms with Crippen molar-refractivity contribution in [3.8, 4) is 0 Å². The minimum Gasteiger partial charge on any atom is -0.374 e. The monoisotopic (exact) mass is 333 g/mol. The molecule has 2 aromatic carbocycles. The Balaban J connectivity index is 1.72. The smallest absolute Gasteiger partial charge is 0.258 e. The van der Waals surface area contributed by atoms with Crippen LogP contribution in [0.15, 0.2) is 48.5 Å². The molecule has 1 unspecified atom stereocenters. The standard InChI is InChI=1S/C18H17ClFNO2/c19-15-7-4-8-16(20)17(15)18(22)21-9-10-23-14(12-21)11-13-5-2-1-3-6-13/h1-8,14H,9-12H2. The van der Waals surface area contributed by atoms with Crippen LogP contribution in [0, 0.1) is 5.82 Å². The van der Waals surface area contributed by atoms with Crippen molar-refractivity contribution in [2.24, 2.45) is 0 Å². The molecule has 5 heteroatoms. The van der Waals surface area contributed by atoms with Crippen molar-refractivity contribution in [3.05, 3.63) is 70.5 Å². The molecule has 23 heavy (non-hydrogen) atoms. The normalized spacial score (nSPS) is 18.0. The van der Waals surface area contributed by atoms with Crippen molar-refractivity contribution >= 4 is 17.5 Å². The molecule has 1 aliphatic heterocycles. The van der Waals surface area contributed by atoms with Gasteiger partial charge in [0, 0.05) is 19.5 Å². The SMILES string of the molecule is O=C(c1c(F)cccc1Cl)N1CCOC(Cc2ccccc2)C1. The third-order valence-electron chi connectivity index (χ3n) is 3.91. The van der Waals surface area contributed by atoms with Crippen LogP contribution in [0.5, 0.6) is 0 Å². The summed E-state index contributed by atoms with van der Waals surface area (Å²) >= 11 is 5.99. The Kier molecular flexibility index (Phi) is 4.94. The van der Waals surface area contributed by atoms with Gasteiger partial charge in [-0.1, -0.05) is 48.0 Å². The van der Waals surface area contributed by atoms with Crippen LogP contribution in [-0.2, 0) is 11.2 Å². The number of hydrogen-bond acceptors (Lipinski definition) is 2. The number of carbonyl (C=O) groups is 1. The van der Waals surface area contributed by atoms with Gasteiger partial charge in [0.2, 0.25) is 0 Å². The number of rotatable bonds is 3. The largest absolute Gasteiger partial charge is 0.374 e. The highest BCUT2D eigenvalue weighted by Gasteiger charge is 2.28. The Morgan fingerprint density at radius 1 is 1.22 bits per heavy atom. The summed E-state index contributed by atoms with van der Waals surface area (Å²) in [4.78, 5) is 14.2. The summed E-state index contributed by atoms with van der Waals surface area (Å²) in [5.74, 6) is -0.969. The van der Waals surface area contributed by atoms with E-state index in [1.54, 1.807) is 4.90 Å². The van der Waals surface area contributed by atoms with Crippen LogP contribution < -0.4 is 0 Å². The molecule has 0 aromatic heterocycles. The molecule has 1 aliphatic rings. The molecule has 3 rings (SSSR count). The van der Waals surface area contributed by atoms with Crippen LogP contribution in [0.1, 0.15) is 15.9 Å². The van der Waals surface area contributed by atoms with Gasteiger partial charge in [0.05, 0.1) is 23.3 Å². The number of hydrogen-bond donors (Lipinski definition) is 0. The Bertz CT molecular complexity index is 672. The number of carbonyl (C=O) groups excluding carboxylic acids is 1. The third-order valence-corrected chi connectivity index (χ3v) is 4.22. The summed E-state index contributed by atoms with van der Waals surface area (Å²) < 4.78 is 19.7. The zero-order valence-corrected chi connectivity index (χ0v) is 13.3. The van der Waals surface area contributed by atoms with Crippen molar-refractivity contribution in [1.29, 1.82) is 0 Å². The van der Waals surface area contributed by atoms with E-state index < -0.39 is 5.82 Å². The number of morpholine rings is 1. The molecular formula is C18H17ClFNO2. The molecule has 120 valence electrons. The number of amides is 1. The summed E-state index contributed by atoms with van der Waals surface area (Å²) in [7, 11) is 0. The van der Waals surface area contributed by atoms with Crippen molar-refractivity contribution < 1.29 is 13.9 Å². The number of benzene rings is 2. The molecule has 1 heterocycles. The highest BCUT2D eigenvalue weighted by atomic mass is 35.5. The molecule has 0 bridgehead atoms. The molecule has 1 amide bonds. The second-order valence-electron chi connectivity index (χ2n) is 5.53. The third kappa shape index (κ3) is 3.71. The second kappa shape index (κ2) is 7.11. The topological polar surface area (TPSA) is 29.5 Å². The van der Waals surface area contributed by atoms with Crippen LogP contribution in [0.4, 0.5) is 4.39 Å². The van der Waals surface area contributed by atoms with Crippen LogP contribution >= 0.6 is 11.6 Å². The molecule has 3 nitrogen and oxygen atoms in total. The van der Waals surface area contributed by atoms with Crippen molar-refractivity contribution in [2.75, 3.05) is 19.7 Å². The molecule has 1 fully saturated rings. The quantitative estimate of drug-likeness (QED) is 0.859. The average molecular weight is 334 g/mol. The van der Waals surface area contributed by atoms with Gasteiger partial charge in [-0.15, -0.1) is 0 Å². The van der Waals surface area contributed by atoms with E-state index in [0.29, 0.717) is 19.7 Å². The van der Waals surface area contributed by atoms with Gasteiger partial charge < -0.3 is 9.64 Å². The Morgan fingerprint density at radius 2 is 2.00 bits per heavy atom. The second-order valence-corrected chi connectivity index (χ2v) is 5.94. The minimum absolute atomic E-state index is 0.0606. The van der Waals surface area contributed by atoms with Crippen molar-refractivity contribution in [1.82, 2.24) is 4.90 Å². The molecule has 1 saturated heterocycles. The lowest BCUT2D eigenvalue weighted by Crippen LogP contribution is -2.46. The maximum absolute atomic E-state index is 13.9. The van der Waals surface area contributed by atoms with E-state index in [1.165, 1.54) is 18.2 Å². The lowest BCUT2D eigenvalue weighted by Gasteiger charge is -2.33. The number of nitrogens with zero attached hydrogens (tertiary/aromatic N) is 1. The Morgan fingerprint density at radius 3 is 2.74 bits per heavy atom. The molecule has 0 saturated carbocycles. The van der Waals surface area contributed by atoms with Gasteiger partial charge in [-0.25, -0.2) is 4.39 Å². The van der Waals surface area contributed by atoms with Crippen LogP contribution in [0.3, 0.4) is 0 Å². The predicted molar refractivity (Wildman–Crippen MR) is 87.2 cm³/mol. The molecule has 0 aliphatic carbocycles. The molecule has 0 spiro atoms. The summed E-state index contributed by atoms with van der Waals surface area (Å²) in [5.41, 5.74) is 1.09. The first-order valence-corrected chi connectivity index (χ1v) is 7.92. The van der Waals surface area contributed by atoms with Gasteiger partial charge >= 0.3 is 0 Å². The molecule has 2 aromatic rings. The van der Waals surface area contributed by atoms with E-state index in [-0.39, 0.29) is 22.6 Å². The van der Waals surface area contributed by atoms with Crippen LogP contribution in [0.25, 0.3) is 0 Å². The van der Waals surface area contributed by atoms with Gasteiger partial charge in [-0.3, -0.25) is 4.79 Å². The fraction of sp³-hybridized carbons (Fsp3) is 0.278. The lowest BCUT2D eigenvalue weighted by atomic mass is 10.1. The van der Waals surface area contributed by atoms with E-state index in [2.05, 4.69) is 0 Å². The van der Waals surface area contributed by atoms with E-state index in [1.807, 2.05) is 30.3 Å². The van der Waals surface area contributed by atoms with E-state index in [9.17, 15) is 9.18 Å². The molecular weight excluding hydrogens is 317 g/mol. The Labute approximate surface area is 139 Å². The number of ether oxygens (including phenoxy) is 1. The molecule has 0 N–H and O–H groups in total. The van der Waals surface area contributed by atoms with E-state index in [4.69, 9.17) is 16.3 Å². The van der Waals surface area contributed by atoms with Crippen molar-refractivity contribution in [2.45, 2.75) is 12.5 Å². The number of halogens is 2. The first kappa shape index (κ1) is 16.0. The van der Waals surface area contributed by atoms with Crippen molar-refractivity contribution in [3.63, 3.8) is 0 Å². The fourth-order valence-electron chi connectivity index (χ4n) is 2.76. The minimum atomic E-state index is -0.589. The van der Waals surface area contributed by atoms with Crippen LogP contribution in [-0.4, -0.2) is 36.6 Å². The zero-order valence-electron chi connectivity index (χ0n) is 12.5. The maximum Gasteiger partial charge on any atom is 0.258 e. The fourth-order valence-corrected chi connectivity index (χ4v) is 3.01. The Hall–Kier alpha value is -1.91. The highest BCUT2D eigenvalue weighted by molar-refractivity contribution is 6.33. The summed E-state index contributed by atoms with van der Waals surface area (Å²) in [6.07, 6.45) is 0.621. The average Bonchev–Trinajstić information content (AvgIpc) is 2.56. The summed E-state index contributed by atoms with van der Waals surface area (Å²) in [6, 6.07) is 14.2. The summed E-state index contributed by atoms with van der Waals surface area (Å²) in [5, 5.41) is 0.140. The van der Waals surface area contributed by atoms with Gasteiger partial charge in [0.25, 0.3) is 5.91 Å². The van der Waals surface area contributed by atoms with E-state index >= 15 is 0 Å². The van der Waals surface area contributed by atoms with Gasteiger partial charge in [0.1, 0.15) is 5.82 Å².